The molecule has 156 valence electrons. The van der Waals surface area contributed by atoms with Gasteiger partial charge in [0.1, 0.15) is 12.3 Å². The number of thiophene rings is 2. The number of benzene rings is 1. The maximum atomic E-state index is 12.4. The quantitative estimate of drug-likeness (QED) is 0.344. The first-order valence-corrected chi connectivity index (χ1v) is 11.1. The van der Waals surface area contributed by atoms with Gasteiger partial charge in [-0.25, -0.2) is 0 Å². The summed E-state index contributed by atoms with van der Waals surface area (Å²) in [5.41, 5.74) is 1.98. The zero-order chi connectivity index (χ0) is 21.7. The zero-order valence-electron chi connectivity index (χ0n) is 16.0. The van der Waals surface area contributed by atoms with Crippen LogP contribution in [0.25, 0.3) is 10.4 Å². The first kappa shape index (κ1) is 22.2. The second-order valence-corrected chi connectivity index (χ2v) is 8.70. The number of aliphatic imine (C=N–C) groups is 1. The molecular formula is C21H19ClN2O4S2. The van der Waals surface area contributed by atoms with Crippen LogP contribution in [0.15, 0.2) is 46.8 Å². The highest BCUT2D eigenvalue weighted by Gasteiger charge is 2.16. The van der Waals surface area contributed by atoms with E-state index in [0.29, 0.717) is 30.9 Å². The minimum Gasteiger partial charge on any atom is -0.506 e. The molecule has 0 saturated carbocycles. The molecule has 0 aliphatic heterocycles. The van der Waals surface area contributed by atoms with Crippen molar-refractivity contribution in [2.75, 3.05) is 19.7 Å². The van der Waals surface area contributed by atoms with Gasteiger partial charge in [-0.1, -0.05) is 23.7 Å². The summed E-state index contributed by atoms with van der Waals surface area (Å²) >= 11 is 8.39. The smallest absolute Gasteiger partial charge is 0.261 e. The van der Waals surface area contributed by atoms with E-state index in [-0.39, 0.29) is 37.1 Å². The van der Waals surface area contributed by atoms with Crippen molar-refractivity contribution in [3.05, 3.63) is 62.1 Å². The minimum absolute atomic E-state index is 0.0877. The van der Waals surface area contributed by atoms with Gasteiger partial charge in [0.05, 0.1) is 21.2 Å². The Morgan fingerprint density at radius 2 is 1.83 bits per heavy atom. The van der Waals surface area contributed by atoms with E-state index in [4.69, 9.17) is 16.7 Å². The number of aliphatic hydroxyl groups excluding tert-OH is 1. The molecule has 0 saturated heterocycles. The lowest BCUT2D eigenvalue weighted by atomic mass is 10.1. The molecule has 0 bridgehead atoms. The lowest BCUT2D eigenvalue weighted by Crippen LogP contribution is -2.25. The Morgan fingerprint density at radius 3 is 2.53 bits per heavy atom. The maximum Gasteiger partial charge on any atom is 0.261 e. The van der Waals surface area contributed by atoms with Crippen molar-refractivity contribution < 1.29 is 19.8 Å². The number of carbonyl (C=O) groups is 2. The third-order valence-corrected chi connectivity index (χ3v) is 6.62. The molecule has 0 radical (unpaired) electrons. The van der Waals surface area contributed by atoms with E-state index in [1.807, 2.05) is 12.1 Å². The number of nitrogens with zero attached hydrogens (tertiary/aromatic N) is 1. The van der Waals surface area contributed by atoms with Gasteiger partial charge in [-0.15, -0.1) is 22.7 Å². The predicted octanol–water partition coefficient (Wildman–Crippen LogP) is 4.25. The van der Waals surface area contributed by atoms with Gasteiger partial charge >= 0.3 is 0 Å². The second-order valence-electron chi connectivity index (χ2n) is 6.30. The van der Waals surface area contributed by atoms with Gasteiger partial charge in [0.15, 0.2) is 5.78 Å². The summed E-state index contributed by atoms with van der Waals surface area (Å²) in [6.07, 6.45) is 0. The van der Waals surface area contributed by atoms with E-state index in [1.54, 1.807) is 36.6 Å². The average molecular weight is 463 g/mol. The number of amides is 1. The summed E-state index contributed by atoms with van der Waals surface area (Å²) in [7, 11) is 0. The van der Waals surface area contributed by atoms with Gasteiger partial charge in [0.2, 0.25) is 0 Å². The lowest BCUT2D eigenvalue weighted by molar-refractivity contribution is 0.0948. The van der Waals surface area contributed by atoms with Crippen LogP contribution in [0.5, 0.6) is 5.75 Å². The number of hydrogen-bond acceptors (Lipinski definition) is 7. The summed E-state index contributed by atoms with van der Waals surface area (Å²) in [6.45, 7) is 1.66. The van der Waals surface area contributed by atoms with Crippen LogP contribution >= 0.6 is 34.3 Å². The molecular weight excluding hydrogens is 444 g/mol. The van der Waals surface area contributed by atoms with Gasteiger partial charge in [0, 0.05) is 28.2 Å². The average Bonchev–Trinajstić information content (AvgIpc) is 3.38. The third-order valence-electron chi connectivity index (χ3n) is 4.22. The van der Waals surface area contributed by atoms with Crippen LogP contribution in [-0.2, 0) is 0 Å². The molecule has 0 spiro atoms. The fourth-order valence-electron chi connectivity index (χ4n) is 2.63. The lowest BCUT2D eigenvalue weighted by Gasteiger charge is -2.02. The summed E-state index contributed by atoms with van der Waals surface area (Å²) in [5, 5.41) is 24.3. The molecule has 2 aromatic heterocycles. The summed E-state index contributed by atoms with van der Waals surface area (Å²) < 4.78 is 0. The standard InChI is InChI=1S/C21H19ClN2O4S2/c1-12(15-11-29-20(19(15)27)13-2-4-14(22)5-3-13)24-10-16(26)17-6-7-18(30-17)21(28)23-8-9-25/h2-7,11,25,27H,8-10H2,1H3,(H,23,28). The number of carbonyl (C=O) groups excluding carboxylic acids is 2. The van der Waals surface area contributed by atoms with Crippen LogP contribution in [0.1, 0.15) is 31.8 Å². The molecule has 3 aromatic rings. The number of ketones is 1. The summed E-state index contributed by atoms with van der Waals surface area (Å²) in [6, 6.07) is 10.3. The molecule has 0 aliphatic rings. The first-order chi connectivity index (χ1) is 14.4. The number of nitrogens with one attached hydrogen (secondary N) is 1. The number of Topliss-reactive ketones (excluding diaryl/α,β-unsaturated/α-hetero) is 1. The largest absolute Gasteiger partial charge is 0.506 e. The molecule has 9 heteroatoms. The fraction of sp³-hybridized carbons (Fsp3) is 0.190. The van der Waals surface area contributed by atoms with Gasteiger partial charge in [0.25, 0.3) is 5.91 Å². The minimum atomic E-state index is -0.328. The Morgan fingerprint density at radius 1 is 1.13 bits per heavy atom. The molecule has 6 nitrogen and oxygen atoms in total. The van der Waals surface area contributed by atoms with E-state index in [1.165, 1.54) is 11.3 Å². The Labute approximate surface area is 186 Å². The van der Waals surface area contributed by atoms with Crippen LogP contribution in [0.3, 0.4) is 0 Å². The molecule has 3 rings (SSSR count). The Bertz CT molecular complexity index is 1090. The Balaban J connectivity index is 1.69. The second kappa shape index (κ2) is 9.99. The SMILES string of the molecule is CC(=NCC(=O)c1ccc(C(=O)NCCO)s1)c1csc(-c2ccc(Cl)cc2)c1O. The highest BCUT2D eigenvalue weighted by atomic mass is 35.5. The Hall–Kier alpha value is -2.52. The van der Waals surface area contributed by atoms with Gasteiger partial charge in [-0.3, -0.25) is 14.6 Å². The first-order valence-electron chi connectivity index (χ1n) is 9.00. The molecule has 1 amide bonds. The van der Waals surface area contributed by atoms with Crippen LogP contribution in [0, 0.1) is 0 Å². The molecule has 2 heterocycles. The predicted molar refractivity (Wildman–Crippen MR) is 122 cm³/mol. The van der Waals surface area contributed by atoms with E-state index < -0.39 is 0 Å². The highest BCUT2D eigenvalue weighted by Crippen LogP contribution is 2.39. The van der Waals surface area contributed by atoms with Crippen molar-refractivity contribution in [1.29, 1.82) is 0 Å². The van der Waals surface area contributed by atoms with E-state index in [2.05, 4.69) is 10.3 Å². The molecule has 0 fully saturated rings. The fourth-order valence-corrected chi connectivity index (χ4v) is 4.62. The molecule has 0 unspecified atom stereocenters. The number of aliphatic hydroxyl groups is 1. The van der Waals surface area contributed by atoms with E-state index in [9.17, 15) is 14.7 Å². The highest BCUT2D eigenvalue weighted by molar-refractivity contribution is 7.16. The van der Waals surface area contributed by atoms with Crippen molar-refractivity contribution in [2.45, 2.75) is 6.92 Å². The van der Waals surface area contributed by atoms with Crippen LogP contribution < -0.4 is 5.32 Å². The number of hydrogen-bond donors (Lipinski definition) is 3. The molecule has 0 aliphatic carbocycles. The van der Waals surface area contributed by atoms with Crippen molar-refractivity contribution in [2.24, 2.45) is 4.99 Å². The van der Waals surface area contributed by atoms with E-state index in [0.717, 1.165) is 16.9 Å². The van der Waals surface area contributed by atoms with Gasteiger partial charge in [-0.2, -0.15) is 0 Å². The summed E-state index contributed by atoms with van der Waals surface area (Å²) in [4.78, 5) is 30.2. The van der Waals surface area contributed by atoms with Crippen LogP contribution in [-0.4, -0.2) is 47.3 Å². The Kier molecular flexibility index (Phi) is 7.38. The normalized spacial score (nSPS) is 11.5. The number of halogens is 1. The van der Waals surface area contributed by atoms with E-state index >= 15 is 0 Å². The monoisotopic (exact) mass is 462 g/mol. The van der Waals surface area contributed by atoms with Crippen molar-refractivity contribution in [3.63, 3.8) is 0 Å². The van der Waals surface area contributed by atoms with Crippen LogP contribution in [0.4, 0.5) is 0 Å². The zero-order valence-corrected chi connectivity index (χ0v) is 18.4. The molecule has 30 heavy (non-hydrogen) atoms. The topological polar surface area (TPSA) is 99.0 Å². The van der Waals surface area contributed by atoms with Crippen molar-refractivity contribution >= 4 is 51.7 Å². The van der Waals surface area contributed by atoms with Gasteiger partial charge in [-0.05, 0) is 36.8 Å². The maximum absolute atomic E-state index is 12.4. The summed E-state index contributed by atoms with van der Waals surface area (Å²) in [5.74, 6) is -0.422. The number of aromatic hydroxyl groups is 1. The third kappa shape index (κ3) is 5.14. The molecule has 3 N–H and O–H groups in total. The number of rotatable bonds is 8. The van der Waals surface area contributed by atoms with Crippen molar-refractivity contribution in [1.82, 2.24) is 5.32 Å². The molecule has 0 atom stereocenters. The molecule has 1 aromatic carbocycles. The van der Waals surface area contributed by atoms with Crippen molar-refractivity contribution in [3.8, 4) is 16.2 Å². The van der Waals surface area contributed by atoms with Gasteiger partial charge < -0.3 is 15.5 Å². The van der Waals surface area contributed by atoms with Crippen LogP contribution in [0.2, 0.25) is 5.02 Å².